The Morgan fingerprint density at radius 1 is 0.763 bits per heavy atom. The zero-order valence-corrected chi connectivity index (χ0v) is 23.5. The first kappa shape index (κ1) is 29.6. The van der Waals surface area contributed by atoms with Crippen LogP contribution in [-0.4, -0.2) is 63.4 Å². The lowest BCUT2D eigenvalue weighted by Crippen LogP contribution is -2.30. The summed E-state index contributed by atoms with van der Waals surface area (Å²) in [5.41, 5.74) is 2.09. The van der Waals surface area contributed by atoms with Crippen molar-refractivity contribution in [1.29, 1.82) is 0 Å². The van der Waals surface area contributed by atoms with Gasteiger partial charge in [-0.3, -0.25) is 4.79 Å². The van der Waals surface area contributed by atoms with Crippen molar-refractivity contribution in [3.8, 4) is 23.0 Å². The first-order chi connectivity index (χ1) is 17.9. The van der Waals surface area contributed by atoms with E-state index in [0.717, 1.165) is 11.1 Å². The minimum atomic E-state index is -0.927. The number of benzene rings is 2. The molecular formula is C30H42O8. The normalized spacial score (nSPS) is 17.6. The maximum atomic E-state index is 11.1. The predicted molar refractivity (Wildman–Crippen MR) is 145 cm³/mol. The second-order valence-electron chi connectivity index (χ2n) is 11.4. The molecule has 0 fully saturated rings. The van der Waals surface area contributed by atoms with Crippen LogP contribution in [0.15, 0.2) is 36.4 Å². The van der Waals surface area contributed by atoms with Gasteiger partial charge in [-0.15, -0.1) is 0 Å². The van der Waals surface area contributed by atoms with Gasteiger partial charge in [0.2, 0.25) is 0 Å². The summed E-state index contributed by atoms with van der Waals surface area (Å²) in [4.78, 5) is 11.1. The molecule has 0 saturated carbocycles. The van der Waals surface area contributed by atoms with E-state index >= 15 is 0 Å². The average Bonchev–Trinajstić information content (AvgIpc) is 2.83. The van der Waals surface area contributed by atoms with Gasteiger partial charge in [0.25, 0.3) is 0 Å². The maximum Gasteiger partial charge on any atom is 0.305 e. The Morgan fingerprint density at radius 2 is 1.24 bits per heavy atom. The monoisotopic (exact) mass is 530 g/mol. The van der Waals surface area contributed by atoms with Gasteiger partial charge in [-0.1, -0.05) is 53.7 Å². The van der Waals surface area contributed by atoms with Gasteiger partial charge < -0.3 is 33.5 Å². The summed E-state index contributed by atoms with van der Waals surface area (Å²) in [5, 5.41) is 9.07. The molecule has 8 nitrogen and oxygen atoms in total. The summed E-state index contributed by atoms with van der Waals surface area (Å²) in [6.45, 7) is 14.7. The smallest absolute Gasteiger partial charge is 0.305 e. The highest BCUT2D eigenvalue weighted by molar-refractivity contribution is 5.66. The summed E-state index contributed by atoms with van der Waals surface area (Å²) in [7, 11) is 0. The van der Waals surface area contributed by atoms with Crippen LogP contribution in [0, 0.1) is 0 Å². The van der Waals surface area contributed by atoms with Crippen LogP contribution in [0.25, 0.3) is 0 Å². The molecule has 0 amide bonds. The summed E-state index contributed by atoms with van der Waals surface area (Å²) in [5.74, 6) is 1.47. The first-order valence-corrected chi connectivity index (χ1v) is 13.1. The van der Waals surface area contributed by atoms with E-state index in [1.54, 1.807) is 0 Å². The molecule has 2 aromatic rings. The number of aliphatic carboxylic acids is 1. The fraction of sp³-hybridized carbons (Fsp3) is 0.567. The highest BCUT2D eigenvalue weighted by Crippen LogP contribution is 2.35. The van der Waals surface area contributed by atoms with Gasteiger partial charge in [0.1, 0.15) is 32.5 Å². The van der Waals surface area contributed by atoms with Crippen LogP contribution in [-0.2, 0) is 25.1 Å². The molecule has 1 unspecified atom stereocenters. The van der Waals surface area contributed by atoms with Crippen LogP contribution in [0.3, 0.4) is 0 Å². The molecule has 1 N–H and O–H groups in total. The minimum absolute atomic E-state index is 0.0434. The zero-order valence-electron chi connectivity index (χ0n) is 23.5. The standard InChI is InChI=1S/C30H42O8/c1-29(2,3)21-8-10-25-26(17-21)36-16-14-33-13-15-35-24-9-7-22(30(4,5)6)18-27(24)38-20-23(19-37-25)34-12-11-28(31)32/h7-10,17-18,23H,11-16,19-20H2,1-6H3,(H,31,32). The van der Waals surface area contributed by atoms with E-state index in [1.807, 2.05) is 36.4 Å². The lowest BCUT2D eigenvalue weighted by Gasteiger charge is -2.24. The fourth-order valence-electron chi connectivity index (χ4n) is 3.76. The second kappa shape index (κ2) is 13.2. The third-order valence-electron chi connectivity index (χ3n) is 6.11. The second-order valence-corrected chi connectivity index (χ2v) is 11.4. The van der Waals surface area contributed by atoms with E-state index in [-0.39, 0.29) is 37.1 Å². The van der Waals surface area contributed by atoms with Gasteiger partial charge in [0, 0.05) is 0 Å². The molecule has 0 saturated heterocycles. The summed E-state index contributed by atoms with van der Waals surface area (Å²) in [6.07, 6.45) is -0.634. The molecule has 0 bridgehead atoms. The van der Waals surface area contributed by atoms with Crippen molar-refractivity contribution < 1.29 is 38.3 Å². The number of carboxylic acids is 1. The Labute approximate surface area is 226 Å². The molecule has 1 atom stereocenters. The number of rotatable bonds is 4. The SMILES string of the molecule is CC(C)(C)c1ccc2c(c1)OCCOCCOc1ccc(C(C)(C)C)cc1OCC(OCCC(=O)O)CO2. The minimum Gasteiger partial charge on any atom is -0.487 e. The van der Waals surface area contributed by atoms with E-state index < -0.39 is 12.1 Å². The quantitative estimate of drug-likeness (QED) is 0.563. The maximum absolute atomic E-state index is 11.1. The molecule has 1 heterocycles. The van der Waals surface area contributed by atoms with Crippen LogP contribution in [0.4, 0.5) is 0 Å². The molecule has 0 spiro atoms. The van der Waals surface area contributed by atoms with Gasteiger partial charge in [-0.2, -0.15) is 0 Å². The van der Waals surface area contributed by atoms with Crippen molar-refractivity contribution in [2.24, 2.45) is 0 Å². The Bertz CT molecular complexity index is 1050. The summed E-state index contributed by atoms with van der Waals surface area (Å²) < 4.78 is 35.9. The van der Waals surface area contributed by atoms with Crippen molar-refractivity contribution >= 4 is 5.97 Å². The Balaban J connectivity index is 1.86. The van der Waals surface area contributed by atoms with Crippen molar-refractivity contribution in [2.45, 2.75) is 64.9 Å². The molecule has 210 valence electrons. The number of ether oxygens (including phenoxy) is 6. The molecule has 0 radical (unpaired) electrons. The largest absolute Gasteiger partial charge is 0.487 e. The highest BCUT2D eigenvalue weighted by atomic mass is 16.6. The van der Waals surface area contributed by atoms with Crippen LogP contribution in [0.5, 0.6) is 23.0 Å². The van der Waals surface area contributed by atoms with Crippen molar-refractivity contribution in [3.05, 3.63) is 47.5 Å². The van der Waals surface area contributed by atoms with Gasteiger partial charge in [-0.05, 0) is 46.2 Å². The van der Waals surface area contributed by atoms with E-state index in [9.17, 15) is 4.79 Å². The Morgan fingerprint density at radius 3 is 1.76 bits per heavy atom. The molecule has 3 rings (SSSR count). The van der Waals surface area contributed by atoms with Crippen LogP contribution < -0.4 is 18.9 Å². The van der Waals surface area contributed by atoms with Crippen molar-refractivity contribution in [2.75, 3.05) is 46.2 Å². The molecule has 2 aromatic carbocycles. The third kappa shape index (κ3) is 9.10. The van der Waals surface area contributed by atoms with Gasteiger partial charge in [0.05, 0.1) is 26.2 Å². The highest BCUT2D eigenvalue weighted by Gasteiger charge is 2.21. The van der Waals surface area contributed by atoms with E-state index in [1.165, 1.54) is 0 Å². The lowest BCUT2D eigenvalue weighted by atomic mass is 9.87. The number of hydrogen-bond donors (Lipinski definition) is 1. The van der Waals surface area contributed by atoms with Crippen LogP contribution in [0.1, 0.15) is 59.1 Å². The van der Waals surface area contributed by atoms with Gasteiger partial charge >= 0.3 is 5.97 Å². The van der Waals surface area contributed by atoms with Crippen molar-refractivity contribution in [1.82, 2.24) is 0 Å². The van der Waals surface area contributed by atoms with E-state index in [4.69, 9.17) is 33.5 Å². The molecular weight excluding hydrogens is 488 g/mol. The number of carboxylic acid groups (broad SMARTS) is 1. The topological polar surface area (TPSA) is 92.7 Å². The van der Waals surface area contributed by atoms with Crippen LogP contribution in [0.2, 0.25) is 0 Å². The fourth-order valence-corrected chi connectivity index (χ4v) is 3.76. The zero-order chi connectivity index (χ0) is 27.8. The Kier molecular flexibility index (Phi) is 10.3. The molecule has 1 aliphatic heterocycles. The first-order valence-electron chi connectivity index (χ1n) is 13.1. The van der Waals surface area contributed by atoms with E-state index in [0.29, 0.717) is 49.4 Å². The molecule has 8 heteroatoms. The number of hydrogen-bond acceptors (Lipinski definition) is 7. The molecule has 0 aliphatic carbocycles. The molecule has 1 aliphatic rings. The van der Waals surface area contributed by atoms with Gasteiger partial charge in [-0.25, -0.2) is 0 Å². The Hall–Kier alpha value is -2.97. The lowest BCUT2D eigenvalue weighted by molar-refractivity contribution is -0.139. The number of carbonyl (C=O) groups is 1. The van der Waals surface area contributed by atoms with Crippen molar-refractivity contribution in [3.63, 3.8) is 0 Å². The molecule has 0 aromatic heterocycles. The molecule has 38 heavy (non-hydrogen) atoms. The van der Waals surface area contributed by atoms with Gasteiger partial charge in [0.15, 0.2) is 23.0 Å². The van der Waals surface area contributed by atoms with Crippen LogP contribution >= 0.6 is 0 Å². The number of fused-ring (bicyclic) bond motifs is 2. The summed E-state index contributed by atoms with van der Waals surface area (Å²) in [6, 6.07) is 11.8. The predicted octanol–water partition coefficient (Wildman–Crippen LogP) is 5.39. The summed E-state index contributed by atoms with van der Waals surface area (Å²) >= 11 is 0. The third-order valence-corrected chi connectivity index (χ3v) is 6.11. The van der Waals surface area contributed by atoms with E-state index in [2.05, 4.69) is 41.5 Å². The average molecular weight is 531 g/mol.